The van der Waals surface area contributed by atoms with Gasteiger partial charge in [0.15, 0.2) is 11.5 Å². The highest BCUT2D eigenvalue weighted by molar-refractivity contribution is 9.10. The Labute approximate surface area is 142 Å². The maximum absolute atomic E-state index is 6.67. The van der Waals surface area contributed by atoms with E-state index in [1.807, 2.05) is 12.1 Å². The first kappa shape index (κ1) is 15.2. The number of fused-ring (bicyclic) bond motifs is 1. The number of ether oxygens (including phenoxy) is 2. The first-order chi connectivity index (χ1) is 10.2. The Balaban J connectivity index is 1.95. The summed E-state index contributed by atoms with van der Waals surface area (Å²) in [6.07, 6.45) is 1.94. The summed E-state index contributed by atoms with van der Waals surface area (Å²) in [7, 11) is 0. The van der Waals surface area contributed by atoms with Gasteiger partial charge in [-0.2, -0.15) is 0 Å². The topological polar surface area (TPSA) is 18.5 Å². The van der Waals surface area contributed by atoms with Crippen molar-refractivity contribution < 1.29 is 9.47 Å². The lowest BCUT2D eigenvalue weighted by atomic mass is 10.1. The van der Waals surface area contributed by atoms with Gasteiger partial charge in [0, 0.05) is 20.6 Å². The van der Waals surface area contributed by atoms with Gasteiger partial charge >= 0.3 is 0 Å². The molecule has 21 heavy (non-hydrogen) atoms. The van der Waals surface area contributed by atoms with Crippen LogP contribution in [0.15, 0.2) is 28.7 Å². The van der Waals surface area contributed by atoms with Gasteiger partial charge in [0.2, 0.25) is 0 Å². The van der Waals surface area contributed by atoms with Gasteiger partial charge in [-0.3, -0.25) is 0 Å². The molecule has 1 unspecified atom stereocenters. The van der Waals surface area contributed by atoms with Crippen molar-refractivity contribution in [3.05, 3.63) is 44.1 Å². The van der Waals surface area contributed by atoms with Gasteiger partial charge in [-0.1, -0.05) is 22.9 Å². The molecule has 1 aliphatic rings. The van der Waals surface area contributed by atoms with E-state index in [4.69, 9.17) is 21.1 Å². The second-order valence-electron chi connectivity index (χ2n) is 4.89. The molecule has 0 aliphatic carbocycles. The van der Waals surface area contributed by atoms with Crippen LogP contribution in [0, 0.1) is 0 Å². The predicted molar refractivity (Wildman–Crippen MR) is 91.1 cm³/mol. The van der Waals surface area contributed by atoms with E-state index in [-0.39, 0.29) is 5.38 Å². The van der Waals surface area contributed by atoms with Crippen molar-refractivity contribution in [2.75, 3.05) is 13.2 Å². The molecule has 0 N–H and O–H groups in total. The molecule has 0 radical (unpaired) electrons. The molecule has 0 fully saturated rings. The third-order valence-corrected chi connectivity index (χ3v) is 6.00. The number of hydrogen-bond donors (Lipinski definition) is 0. The first-order valence-electron chi connectivity index (χ1n) is 7.00. The summed E-state index contributed by atoms with van der Waals surface area (Å²) in [5, 5.41) is -0.179. The van der Waals surface area contributed by atoms with Crippen molar-refractivity contribution in [2.45, 2.75) is 25.1 Å². The molecular weight excluding hydrogens is 372 g/mol. The van der Waals surface area contributed by atoms with Gasteiger partial charge < -0.3 is 9.47 Å². The summed E-state index contributed by atoms with van der Waals surface area (Å²) in [4.78, 5) is 2.50. The van der Waals surface area contributed by atoms with Gasteiger partial charge in [-0.25, -0.2) is 0 Å². The van der Waals surface area contributed by atoms with Crippen LogP contribution < -0.4 is 9.47 Å². The van der Waals surface area contributed by atoms with Crippen molar-refractivity contribution in [1.82, 2.24) is 0 Å². The number of hydrogen-bond acceptors (Lipinski definition) is 3. The Hall–Kier alpha value is -0.710. The molecule has 2 aromatic rings. The van der Waals surface area contributed by atoms with E-state index in [1.54, 1.807) is 11.3 Å². The molecule has 2 heterocycles. The maximum Gasteiger partial charge on any atom is 0.162 e. The molecule has 0 bridgehead atoms. The largest absolute Gasteiger partial charge is 0.490 e. The molecular formula is C16H16BrClO2S. The van der Waals surface area contributed by atoms with E-state index in [0.29, 0.717) is 13.2 Å². The fourth-order valence-corrected chi connectivity index (χ4v) is 4.29. The molecule has 3 rings (SSSR count). The smallest absolute Gasteiger partial charge is 0.162 e. The fourth-order valence-electron chi connectivity index (χ4n) is 2.27. The van der Waals surface area contributed by atoms with Crippen LogP contribution in [-0.4, -0.2) is 13.2 Å². The standard InChI is InChI=1S/C16H16BrClO2S/c1-2-10-4-5-15(21-10)16(18)11-8-13-14(9-12(11)17)20-7-3-6-19-13/h4-5,8-9,16H,2-3,6-7H2,1H3. The number of rotatable bonds is 3. The Kier molecular flexibility index (Phi) is 4.77. The Morgan fingerprint density at radius 3 is 2.62 bits per heavy atom. The van der Waals surface area contributed by atoms with E-state index in [2.05, 4.69) is 35.0 Å². The SMILES string of the molecule is CCc1ccc(C(Cl)c2cc3c(cc2Br)OCCCO3)s1. The quantitative estimate of drug-likeness (QED) is 0.642. The van der Waals surface area contributed by atoms with Gasteiger partial charge in [0.1, 0.15) is 0 Å². The summed E-state index contributed by atoms with van der Waals surface area (Å²) in [5.74, 6) is 1.57. The minimum absolute atomic E-state index is 0.179. The van der Waals surface area contributed by atoms with Crippen LogP contribution in [-0.2, 0) is 6.42 Å². The molecule has 0 spiro atoms. The van der Waals surface area contributed by atoms with Gasteiger partial charge in [-0.05, 0) is 36.2 Å². The van der Waals surface area contributed by atoms with Crippen molar-refractivity contribution in [2.24, 2.45) is 0 Å². The average Bonchev–Trinajstić information content (AvgIpc) is 2.86. The predicted octanol–water partition coefficient (Wildman–Crippen LogP) is 5.56. The van der Waals surface area contributed by atoms with Crippen LogP contribution in [0.1, 0.15) is 34.0 Å². The Morgan fingerprint density at radius 2 is 1.95 bits per heavy atom. The van der Waals surface area contributed by atoms with Crippen LogP contribution in [0.5, 0.6) is 11.5 Å². The monoisotopic (exact) mass is 386 g/mol. The van der Waals surface area contributed by atoms with Crippen molar-refractivity contribution in [3.63, 3.8) is 0 Å². The average molecular weight is 388 g/mol. The van der Waals surface area contributed by atoms with Gasteiger partial charge in [0.25, 0.3) is 0 Å². The highest BCUT2D eigenvalue weighted by Crippen LogP contribution is 2.43. The van der Waals surface area contributed by atoms with E-state index >= 15 is 0 Å². The van der Waals surface area contributed by atoms with Crippen LogP contribution in [0.4, 0.5) is 0 Å². The third kappa shape index (κ3) is 3.22. The minimum atomic E-state index is -0.179. The lowest BCUT2D eigenvalue weighted by Gasteiger charge is -2.14. The highest BCUT2D eigenvalue weighted by Gasteiger charge is 2.20. The summed E-state index contributed by atoms with van der Waals surface area (Å²) in [6, 6.07) is 8.20. The number of halogens is 2. The Morgan fingerprint density at radius 1 is 1.24 bits per heavy atom. The fraction of sp³-hybridized carbons (Fsp3) is 0.375. The third-order valence-electron chi connectivity index (χ3n) is 3.42. The van der Waals surface area contributed by atoms with Gasteiger partial charge in [-0.15, -0.1) is 22.9 Å². The second kappa shape index (κ2) is 6.59. The van der Waals surface area contributed by atoms with Crippen LogP contribution >= 0.6 is 38.9 Å². The molecule has 5 heteroatoms. The number of thiophene rings is 1. The van der Waals surface area contributed by atoms with E-state index in [0.717, 1.165) is 39.3 Å². The van der Waals surface area contributed by atoms with Crippen LogP contribution in [0.3, 0.4) is 0 Å². The molecule has 2 nitrogen and oxygen atoms in total. The first-order valence-corrected chi connectivity index (χ1v) is 9.05. The number of alkyl halides is 1. The number of benzene rings is 1. The molecule has 1 aromatic heterocycles. The molecule has 1 aliphatic heterocycles. The van der Waals surface area contributed by atoms with Crippen LogP contribution in [0.2, 0.25) is 0 Å². The maximum atomic E-state index is 6.67. The summed E-state index contributed by atoms with van der Waals surface area (Å²) >= 11 is 12.0. The van der Waals surface area contributed by atoms with E-state index in [1.165, 1.54) is 4.88 Å². The van der Waals surface area contributed by atoms with E-state index < -0.39 is 0 Å². The van der Waals surface area contributed by atoms with Crippen molar-refractivity contribution in [1.29, 1.82) is 0 Å². The molecule has 0 saturated heterocycles. The molecule has 0 amide bonds. The molecule has 1 atom stereocenters. The zero-order valence-corrected chi connectivity index (χ0v) is 14.9. The second-order valence-corrected chi connectivity index (χ2v) is 7.38. The zero-order valence-electron chi connectivity index (χ0n) is 11.7. The van der Waals surface area contributed by atoms with E-state index in [9.17, 15) is 0 Å². The summed E-state index contributed by atoms with van der Waals surface area (Å²) < 4.78 is 12.4. The van der Waals surface area contributed by atoms with Crippen LogP contribution in [0.25, 0.3) is 0 Å². The van der Waals surface area contributed by atoms with Gasteiger partial charge in [0.05, 0.1) is 18.6 Å². The lowest BCUT2D eigenvalue weighted by Crippen LogP contribution is -1.97. The zero-order chi connectivity index (χ0) is 14.8. The molecule has 112 valence electrons. The summed E-state index contributed by atoms with van der Waals surface area (Å²) in [6.45, 7) is 3.52. The number of aryl methyl sites for hydroxylation is 1. The van der Waals surface area contributed by atoms with Crippen molar-refractivity contribution >= 4 is 38.9 Å². The Bertz CT molecular complexity index is 641. The molecule has 1 aromatic carbocycles. The normalized spacial score (nSPS) is 15.6. The highest BCUT2D eigenvalue weighted by atomic mass is 79.9. The molecule has 0 saturated carbocycles. The van der Waals surface area contributed by atoms with Crippen molar-refractivity contribution in [3.8, 4) is 11.5 Å². The summed E-state index contributed by atoms with van der Waals surface area (Å²) in [5.41, 5.74) is 1.02. The minimum Gasteiger partial charge on any atom is -0.490 e. The lowest BCUT2D eigenvalue weighted by molar-refractivity contribution is 0.297.